The lowest BCUT2D eigenvalue weighted by molar-refractivity contribution is -0.136. The number of carboxylic acids is 1. The lowest BCUT2D eigenvalue weighted by Gasteiger charge is -2.33. The minimum atomic E-state index is -0.945. The van der Waals surface area contributed by atoms with Crippen LogP contribution in [0.4, 0.5) is 11.4 Å². The number of rotatable bonds is 13. The molecule has 0 radical (unpaired) electrons. The Morgan fingerprint density at radius 1 is 1.13 bits per heavy atom. The Hall–Kier alpha value is -3.81. The van der Waals surface area contributed by atoms with Crippen LogP contribution >= 0.6 is 0 Å². The molecular formula is C30H40N4O4. The van der Waals surface area contributed by atoms with Gasteiger partial charge in [-0.05, 0) is 68.5 Å². The van der Waals surface area contributed by atoms with E-state index in [9.17, 15) is 9.59 Å². The Balaban J connectivity index is 1.84. The monoisotopic (exact) mass is 520 g/mol. The number of carbonyl (C=O) groups excluding carboxylic acids is 1. The highest BCUT2D eigenvalue weighted by atomic mass is 16.5. The van der Waals surface area contributed by atoms with Crippen molar-refractivity contribution in [3.8, 4) is 5.75 Å². The van der Waals surface area contributed by atoms with E-state index < -0.39 is 5.97 Å². The molecule has 0 saturated heterocycles. The summed E-state index contributed by atoms with van der Waals surface area (Å²) in [5.74, 6) is -0.0487. The highest BCUT2D eigenvalue weighted by molar-refractivity contribution is 5.94. The Bertz CT molecular complexity index is 1120. The van der Waals surface area contributed by atoms with Crippen molar-refractivity contribution in [1.29, 1.82) is 0 Å². The molecule has 5 N–H and O–H groups in total. The van der Waals surface area contributed by atoms with Crippen LogP contribution in [0.3, 0.4) is 0 Å². The number of carbonyl (C=O) groups is 2. The van der Waals surface area contributed by atoms with Gasteiger partial charge in [0.1, 0.15) is 5.75 Å². The first kappa shape index (κ1) is 28.8. The molecule has 204 valence electrons. The summed E-state index contributed by atoms with van der Waals surface area (Å²) in [5.41, 5.74) is 10.5. The van der Waals surface area contributed by atoms with Gasteiger partial charge < -0.3 is 26.2 Å². The zero-order valence-electron chi connectivity index (χ0n) is 22.4. The fraction of sp³-hybridized carbons (Fsp3) is 0.433. The number of nitrogens with one attached hydrogen (secondary N) is 2. The van der Waals surface area contributed by atoms with Crippen LogP contribution in [0, 0.1) is 5.92 Å². The maximum absolute atomic E-state index is 12.4. The molecule has 0 heterocycles. The Morgan fingerprint density at radius 3 is 2.53 bits per heavy atom. The maximum Gasteiger partial charge on any atom is 0.305 e. The lowest BCUT2D eigenvalue weighted by Crippen LogP contribution is -2.35. The van der Waals surface area contributed by atoms with Gasteiger partial charge in [-0.15, -0.1) is 0 Å². The van der Waals surface area contributed by atoms with Crippen LogP contribution in [-0.2, 0) is 4.79 Å². The second-order valence-corrected chi connectivity index (χ2v) is 9.52. The van der Waals surface area contributed by atoms with Gasteiger partial charge in [0, 0.05) is 41.3 Å². The van der Waals surface area contributed by atoms with Gasteiger partial charge in [0.2, 0.25) is 0 Å². The zero-order valence-corrected chi connectivity index (χ0v) is 22.4. The van der Waals surface area contributed by atoms with Gasteiger partial charge in [-0.25, -0.2) is 0 Å². The second kappa shape index (κ2) is 14.8. The third-order valence-electron chi connectivity index (χ3n) is 6.78. The molecule has 38 heavy (non-hydrogen) atoms. The van der Waals surface area contributed by atoms with Crippen molar-refractivity contribution in [3.63, 3.8) is 0 Å². The average Bonchev–Trinajstić information content (AvgIpc) is 2.93. The maximum atomic E-state index is 12.4. The number of benzene rings is 2. The molecule has 1 aliphatic rings. The number of carboxylic acid groups (broad SMARTS) is 1. The van der Waals surface area contributed by atoms with Gasteiger partial charge in [-0.1, -0.05) is 32.3 Å². The van der Waals surface area contributed by atoms with Gasteiger partial charge in [0.25, 0.3) is 5.91 Å². The van der Waals surface area contributed by atoms with E-state index in [4.69, 9.17) is 20.6 Å². The molecular weight excluding hydrogens is 480 g/mol. The van der Waals surface area contributed by atoms with Crippen LogP contribution in [0.15, 0.2) is 64.8 Å². The number of ether oxygens (including phenoxy) is 1. The fourth-order valence-electron chi connectivity index (χ4n) is 4.73. The number of amides is 1. The molecule has 0 aromatic heterocycles. The molecule has 2 aromatic rings. The first-order valence-electron chi connectivity index (χ1n) is 13.5. The largest absolute Gasteiger partial charge is 0.494 e. The molecule has 0 aliphatic heterocycles. The van der Waals surface area contributed by atoms with Crippen LogP contribution in [-0.4, -0.2) is 42.4 Å². The Kier molecular flexibility index (Phi) is 11.2. The summed E-state index contributed by atoms with van der Waals surface area (Å²) in [6, 6.07) is 14.9. The van der Waals surface area contributed by atoms with Crippen LogP contribution in [0.5, 0.6) is 5.75 Å². The fourth-order valence-corrected chi connectivity index (χ4v) is 4.73. The molecule has 0 bridgehead atoms. The summed E-state index contributed by atoms with van der Waals surface area (Å²) in [4.78, 5) is 27.8. The van der Waals surface area contributed by atoms with Crippen LogP contribution in [0.25, 0.3) is 0 Å². The summed E-state index contributed by atoms with van der Waals surface area (Å²) >= 11 is 0. The lowest BCUT2D eigenvalue weighted by atomic mass is 9.80. The van der Waals surface area contributed by atoms with Crippen LogP contribution < -0.4 is 21.1 Å². The first-order chi connectivity index (χ1) is 18.4. The highest BCUT2D eigenvalue weighted by Crippen LogP contribution is 2.32. The van der Waals surface area contributed by atoms with E-state index in [-0.39, 0.29) is 24.9 Å². The van der Waals surface area contributed by atoms with Crippen molar-refractivity contribution in [1.82, 2.24) is 5.32 Å². The highest BCUT2D eigenvalue weighted by Gasteiger charge is 2.27. The summed E-state index contributed by atoms with van der Waals surface area (Å²) in [6.45, 7) is 4.69. The number of nitrogens with two attached hydrogens (primary N) is 1. The van der Waals surface area contributed by atoms with Crippen molar-refractivity contribution in [2.24, 2.45) is 16.6 Å². The third kappa shape index (κ3) is 8.64. The summed E-state index contributed by atoms with van der Waals surface area (Å²) in [7, 11) is 0. The van der Waals surface area contributed by atoms with Gasteiger partial charge in [-0.2, -0.15) is 0 Å². The SMILES string of the molecule is CCOc1cccc(N=CC(=C(N)CC)C(Nc2ccc(C(=O)NCCC(=O)O)cc2)C2CCCCC2)c1. The Morgan fingerprint density at radius 2 is 1.87 bits per heavy atom. The van der Waals surface area contributed by atoms with Gasteiger partial charge >= 0.3 is 5.97 Å². The third-order valence-corrected chi connectivity index (χ3v) is 6.78. The molecule has 0 spiro atoms. The van der Waals surface area contributed by atoms with E-state index in [0.717, 1.165) is 41.2 Å². The molecule has 1 unspecified atom stereocenters. The number of hydrogen-bond donors (Lipinski definition) is 4. The van der Waals surface area contributed by atoms with Crippen molar-refractivity contribution in [3.05, 3.63) is 65.4 Å². The van der Waals surface area contributed by atoms with Crippen LogP contribution in [0.1, 0.15) is 69.2 Å². The average molecular weight is 521 g/mol. The number of aliphatic carboxylic acids is 1. The van der Waals surface area contributed by atoms with Gasteiger partial charge in [0.15, 0.2) is 0 Å². The van der Waals surface area contributed by atoms with Crippen molar-refractivity contribution in [2.45, 2.75) is 64.8 Å². The van der Waals surface area contributed by atoms with E-state index in [1.807, 2.05) is 49.5 Å². The van der Waals surface area contributed by atoms with E-state index >= 15 is 0 Å². The molecule has 1 aliphatic carbocycles. The van der Waals surface area contributed by atoms with Crippen molar-refractivity contribution in [2.75, 3.05) is 18.5 Å². The molecule has 3 rings (SSSR count). The van der Waals surface area contributed by atoms with E-state index in [2.05, 4.69) is 17.6 Å². The number of allylic oxidation sites excluding steroid dienone is 1. The van der Waals surface area contributed by atoms with Gasteiger partial charge in [-0.3, -0.25) is 14.6 Å². The number of nitrogens with zero attached hydrogens (tertiary/aromatic N) is 1. The zero-order chi connectivity index (χ0) is 27.3. The molecule has 1 amide bonds. The molecule has 1 fully saturated rings. The summed E-state index contributed by atoms with van der Waals surface area (Å²) in [5, 5.41) is 15.1. The molecule has 2 aromatic carbocycles. The topological polar surface area (TPSA) is 126 Å². The predicted molar refractivity (Wildman–Crippen MR) is 152 cm³/mol. The minimum absolute atomic E-state index is 0.0238. The molecule has 8 heteroatoms. The Labute approximate surface area is 225 Å². The predicted octanol–water partition coefficient (Wildman–Crippen LogP) is 5.68. The quantitative estimate of drug-likeness (QED) is 0.252. The normalized spacial score (nSPS) is 15.5. The molecule has 1 atom stereocenters. The standard InChI is InChI=1S/C30H40N4O4/c1-3-27(31)26(20-33-24-11-8-12-25(19-24)38-4-2)29(21-9-6-5-7-10-21)34-23-15-13-22(14-16-23)30(37)32-18-17-28(35)36/h8,11-16,19-21,29,34H,3-7,9-10,17-18,31H2,1-2H3,(H,32,37)(H,35,36). The van der Waals surface area contributed by atoms with E-state index in [1.165, 1.54) is 19.3 Å². The van der Waals surface area contributed by atoms with Crippen LogP contribution in [0.2, 0.25) is 0 Å². The molecule has 8 nitrogen and oxygen atoms in total. The number of hydrogen-bond acceptors (Lipinski definition) is 6. The van der Waals surface area contributed by atoms with Crippen molar-refractivity contribution >= 4 is 29.5 Å². The summed E-state index contributed by atoms with van der Waals surface area (Å²) in [6.07, 6.45) is 8.32. The summed E-state index contributed by atoms with van der Waals surface area (Å²) < 4.78 is 5.62. The first-order valence-corrected chi connectivity index (χ1v) is 13.5. The minimum Gasteiger partial charge on any atom is -0.494 e. The van der Waals surface area contributed by atoms with Gasteiger partial charge in [0.05, 0.1) is 24.8 Å². The smallest absolute Gasteiger partial charge is 0.305 e. The number of anilines is 1. The van der Waals surface area contributed by atoms with Crippen molar-refractivity contribution < 1.29 is 19.4 Å². The second-order valence-electron chi connectivity index (χ2n) is 9.52. The van der Waals surface area contributed by atoms with E-state index in [0.29, 0.717) is 24.5 Å². The number of aliphatic imine (C=N–C) groups is 1. The molecule has 1 saturated carbocycles. The van der Waals surface area contributed by atoms with E-state index in [1.54, 1.807) is 12.1 Å².